The summed E-state index contributed by atoms with van der Waals surface area (Å²) in [5.41, 5.74) is 4.38. The van der Waals surface area contributed by atoms with Crippen molar-refractivity contribution in [1.82, 2.24) is 9.88 Å². The number of benzene rings is 1. The van der Waals surface area contributed by atoms with E-state index in [1.54, 1.807) is 24.0 Å². The minimum Gasteiger partial charge on any atom is -0.382 e. The molecule has 1 aromatic heterocycles. The smallest absolute Gasteiger partial charge is 0.252 e. The molecule has 7 nitrogen and oxygen atoms in total. The maximum Gasteiger partial charge on any atom is 0.252 e. The molecule has 1 aromatic carbocycles. The fourth-order valence-corrected chi connectivity index (χ4v) is 7.29. The minimum absolute atomic E-state index is 0.00112. The van der Waals surface area contributed by atoms with Gasteiger partial charge in [0, 0.05) is 18.6 Å². The maximum atomic E-state index is 12.3. The summed E-state index contributed by atoms with van der Waals surface area (Å²) in [7, 11) is 3.94. The predicted octanol–water partition coefficient (Wildman–Crippen LogP) is 3.60. The second-order valence-corrected chi connectivity index (χ2v) is 10.7. The van der Waals surface area contributed by atoms with Crippen molar-refractivity contribution < 1.29 is 19.0 Å². The summed E-state index contributed by atoms with van der Waals surface area (Å²) in [6, 6.07) is 5.36. The van der Waals surface area contributed by atoms with E-state index in [0.717, 1.165) is 22.6 Å². The Morgan fingerprint density at radius 2 is 2.06 bits per heavy atom. The van der Waals surface area contributed by atoms with Gasteiger partial charge < -0.3 is 19.1 Å². The number of fused-ring (bicyclic) bond motifs is 2. The van der Waals surface area contributed by atoms with Gasteiger partial charge >= 0.3 is 0 Å². The first-order valence-electron chi connectivity index (χ1n) is 12.2. The molecule has 1 aliphatic heterocycles. The molecule has 3 atom stereocenters. The van der Waals surface area contributed by atoms with Gasteiger partial charge in [-0.15, -0.1) is 0 Å². The Balaban J connectivity index is 1.27. The van der Waals surface area contributed by atoms with Crippen molar-refractivity contribution >= 4 is 32.6 Å². The van der Waals surface area contributed by atoms with Gasteiger partial charge in [-0.3, -0.25) is 10.1 Å². The Hall–Kier alpha value is -1.58. The van der Waals surface area contributed by atoms with Crippen LogP contribution in [0.2, 0.25) is 0 Å². The number of ether oxygens (including phenoxy) is 3. The number of methoxy groups -OCH3 is 1. The molecule has 8 heteroatoms. The lowest BCUT2D eigenvalue weighted by Crippen LogP contribution is -2.59. The monoisotopic (exact) mass is 473 g/mol. The first-order valence-corrected chi connectivity index (χ1v) is 13.0. The predicted molar refractivity (Wildman–Crippen MR) is 130 cm³/mol. The van der Waals surface area contributed by atoms with E-state index >= 15 is 0 Å². The van der Waals surface area contributed by atoms with Crippen molar-refractivity contribution in [2.45, 2.75) is 50.0 Å². The van der Waals surface area contributed by atoms with Crippen molar-refractivity contribution in [2.24, 2.45) is 5.92 Å². The van der Waals surface area contributed by atoms with Gasteiger partial charge in [0.05, 0.1) is 36.6 Å². The van der Waals surface area contributed by atoms with Gasteiger partial charge in [0.15, 0.2) is 5.13 Å². The van der Waals surface area contributed by atoms with E-state index in [0.29, 0.717) is 43.0 Å². The number of carbonyl (C=O) groups is 1. The second-order valence-electron chi connectivity index (χ2n) is 9.71. The fourth-order valence-electron chi connectivity index (χ4n) is 6.36. The number of nitrogens with one attached hydrogen (secondary N) is 1. The van der Waals surface area contributed by atoms with Crippen molar-refractivity contribution in [1.29, 1.82) is 0 Å². The molecular weight excluding hydrogens is 438 g/mol. The highest BCUT2D eigenvalue weighted by Crippen LogP contribution is 2.56. The van der Waals surface area contributed by atoms with Crippen molar-refractivity contribution in [3.8, 4) is 0 Å². The Bertz CT molecular complexity index is 995. The van der Waals surface area contributed by atoms with Crippen LogP contribution in [0, 0.1) is 5.92 Å². The third kappa shape index (κ3) is 4.56. The Morgan fingerprint density at radius 3 is 2.94 bits per heavy atom. The molecule has 5 rings (SSSR count). The second kappa shape index (κ2) is 9.96. The SMILES string of the molecule is COCCOCCOCC(=O)Nc1nc2cc3c(cc2s1)C[C@@H]1[C@@H]2CCCCC32CCN1C. The van der Waals surface area contributed by atoms with Gasteiger partial charge in [-0.25, -0.2) is 4.98 Å². The normalized spacial score (nSPS) is 26.7. The molecule has 33 heavy (non-hydrogen) atoms. The van der Waals surface area contributed by atoms with Crippen LogP contribution >= 0.6 is 11.3 Å². The summed E-state index contributed by atoms with van der Waals surface area (Å²) in [6.45, 7) is 3.10. The van der Waals surface area contributed by atoms with Gasteiger partial charge in [-0.2, -0.15) is 0 Å². The lowest BCUT2D eigenvalue weighted by Gasteiger charge is -2.58. The molecule has 1 amide bonds. The number of thiazole rings is 1. The molecule has 1 saturated heterocycles. The molecule has 180 valence electrons. The van der Waals surface area contributed by atoms with E-state index in [2.05, 4.69) is 29.4 Å². The van der Waals surface area contributed by atoms with Gasteiger partial charge in [0.25, 0.3) is 5.91 Å². The average Bonchev–Trinajstić information content (AvgIpc) is 3.20. The number of amides is 1. The summed E-state index contributed by atoms with van der Waals surface area (Å²) in [6.07, 6.45) is 7.74. The molecule has 2 bridgehead atoms. The van der Waals surface area contributed by atoms with Gasteiger partial charge in [0.1, 0.15) is 6.61 Å². The Labute approximate surface area is 199 Å². The summed E-state index contributed by atoms with van der Waals surface area (Å²) < 4.78 is 16.8. The van der Waals surface area contributed by atoms with Crippen LogP contribution in [-0.4, -0.2) is 75.6 Å². The lowest BCUT2D eigenvalue weighted by molar-refractivity contribution is -0.121. The van der Waals surface area contributed by atoms with E-state index in [1.165, 1.54) is 44.2 Å². The first-order chi connectivity index (χ1) is 16.1. The molecule has 1 saturated carbocycles. The molecule has 0 radical (unpaired) electrons. The lowest BCUT2D eigenvalue weighted by atomic mass is 9.52. The molecule has 0 spiro atoms. The van der Waals surface area contributed by atoms with Gasteiger partial charge in [-0.05, 0) is 68.5 Å². The third-order valence-electron chi connectivity index (χ3n) is 7.90. The number of rotatable bonds is 9. The number of aromatic nitrogens is 1. The maximum absolute atomic E-state index is 12.3. The van der Waals surface area contributed by atoms with E-state index in [-0.39, 0.29) is 12.5 Å². The van der Waals surface area contributed by atoms with Crippen LogP contribution in [0.1, 0.15) is 43.2 Å². The van der Waals surface area contributed by atoms with Crippen LogP contribution in [0.25, 0.3) is 10.2 Å². The summed E-state index contributed by atoms with van der Waals surface area (Å²) in [4.78, 5) is 19.7. The molecule has 3 aliphatic rings. The molecule has 2 aromatic rings. The third-order valence-corrected chi connectivity index (χ3v) is 8.83. The van der Waals surface area contributed by atoms with Crippen LogP contribution in [0.4, 0.5) is 5.13 Å². The topological polar surface area (TPSA) is 72.9 Å². The molecule has 2 heterocycles. The highest BCUT2D eigenvalue weighted by atomic mass is 32.1. The highest BCUT2D eigenvalue weighted by Gasteiger charge is 2.53. The van der Waals surface area contributed by atoms with Crippen LogP contribution in [0.3, 0.4) is 0 Å². The zero-order chi connectivity index (χ0) is 22.8. The number of nitrogens with zero attached hydrogens (tertiary/aromatic N) is 2. The number of carbonyl (C=O) groups excluding carboxylic acids is 1. The number of piperidine rings is 1. The summed E-state index contributed by atoms with van der Waals surface area (Å²) in [5.74, 6) is 0.586. The van der Waals surface area contributed by atoms with E-state index < -0.39 is 0 Å². The standard InChI is InChI=1S/C25H35N3O4S/c1-28-8-7-25-6-4-3-5-18(25)21(28)13-17-14-22-20(15-19(17)25)26-24(33-22)27-23(29)16-32-12-11-31-10-9-30-2/h14-15,18,21H,3-13,16H2,1-2H3,(H,26,27,29)/t18-,21+,25?/m0/s1. The zero-order valence-electron chi connectivity index (χ0n) is 19.7. The van der Waals surface area contributed by atoms with Crippen LogP contribution in [-0.2, 0) is 30.8 Å². The quantitative estimate of drug-likeness (QED) is 0.561. The van der Waals surface area contributed by atoms with Crippen LogP contribution in [0.15, 0.2) is 12.1 Å². The molecular formula is C25H35N3O4S. The minimum atomic E-state index is -0.181. The van der Waals surface area contributed by atoms with Crippen LogP contribution in [0.5, 0.6) is 0 Å². The number of anilines is 1. The van der Waals surface area contributed by atoms with Crippen molar-refractivity contribution in [2.75, 3.05) is 59.1 Å². The summed E-state index contributed by atoms with van der Waals surface area (Å²) >= 11 is 1.56. The molecule has 1 unspecified atom stereocenters. The largest absolute Gasteiger partial charge is 0.382 e. The highest BCUT2D eigenvalue weighted by molar-refractivity contribution is 7.22. The molecule has 1 N–H and O–H groups in total. The fraction of sp³-hybridized carbons (Fsp3) is 0.680. The number of hydrogen-bond acceptors (Lipinski definition) is 7. The number of hydrogen-bond donors (Lipinski definition) is 1. The van der Waals surface area contributed by atoms with Crippen LogP contribution < -0.4 is 5.32 Å². The molecule has 2 fully saturated rings. The Morgan fingerprint density at radius 1 is 1.21 bits per heavy atom. The van der Waals surface area contributed by atoms with Gasteiger partial charge in [-0.1, -0.05) is 24.2 Å². The Kier molecular flexibility index (Phi) is 6.99. The number of likely N-dealkylation sites (N-methyl/N-ethyl adjacent to an activating group) is 1. The van der Waals surface area contributed by atoms with Gasteiger partial charge in [0.2, 0.25) is 0 Å². The van der Waals surface area contributed by atoms with E-state index in [4.69, 9.17) is 19.2 Å². The average molecular weight is 474 g/mol. The zero-order valence-corrected chi connectivity index (χ0v) is 20.5. The molecule has 2 aliphatic carbocycles. The van der Waals surface area contributed by atoms with E-state index in [1.807, 2.05) is 0 Å². The summed E-state index contributed by atoms with van der Waals surface area (Å²) in [5, 5.41) is 3.56. The number of likely N-dealkylation sites (tertiary alicyclic amines) is 1. The van der Waals surface area contributed by atoms with Crippen molar-refractivity contribution in [3.05, 3.63) is 23.3 Å². The van der Waals surface area contributed by atoms with E-state index in [9.17, 15) is 4.79 Å². The van der Waals surface area contributed by atoms with Crippen molar-refractivity contribution in [3.63, 3.8) is 0 Å². The first kappa shape index (κ1) is 23.2.